The first-order valence-electron chi connectivity index (χ1n) is 7.68. The molecule has 24 heavy (non-hydrogen) atoms. The van der Waals surface area contributed by atoms with Gasteiger partial charge in [-0.2, -0.15) is 0 Å². The molecule has 1 saturated heterocycles. The van der Waals surface area contributed by atoms with E-state index in [0.29, 0.717) is 19.7 Å². The van der Waals surface area contributed by atoms with Crippen LogP contribution in [-0.4, -0.2) is 49.0 Å². The Bertz CT molecular complexity index is 519. The molecule has 138 valence electrons. The zero-order chi connectivity index (χ0) is 16.1. The van der Waals surface area contributed by atoms with Crippen molar-refractivity contribution in [2.75, 3.05) is 26.8 Å². The second kappa shape index (κ2) is 10.8. The normalized spacial score (nSPS) is 20.0. The summed E-state index contributed by atoms with van der Waals surface area (Å²) in [6.45, 7) is 8.38. The Morgan fingerprint density at radius 3 is 2.58 bits per heavy atom. The van der Waals surface area contributed by atoms with Gasteiger partial charge in [0, 0.05) is 31.2 Å². The number of nitrogens with two attached hydrogens (primary N) is 1. The van der Waals surface area contributed by atoms with Crippen LogP contribution < -0.4 is 15.2 Å². The Morgan fingerprint density at radius 1 is 1.38 bits per heavy atom. The second-order valence-corrected chi connectivity index (χ2v) is 5.64. The zero-order valence-electron chi connectivity index (χ0n) is 14.2. The van der Waals surface area contributed by atoms with Crippen molar-refractivity contribution in [3.05, 3.63) is 35.9 Å². The lowest BCUT2D eigenvalue weighted by atomic mass is 10.1. The summed E-state index contributed by atoms with van der Waals surface area (Å²) in [6.07, 6.45) is 2.13. The van der Waals surface area contributed by atoms with E-state index in [9.17, 15) is 5.11 Å². The van der Waals surface area contributed by atoms with Crippen molar-refractivity contribution < 1.29 is 14.6 Å². The number of methoxy groups -OCH3 is 1. The van der Waals surface area contributed by atoms with Crippen LogP contribution in [0.5, 0.6) is 11.5 Å². The number of hydrogen-bond acceptors (Lipinski definition) is 5. The summed E-state index contributed by atoms with van der Waals surface area (Å²) in [6, 6.07) is 3.95. The average Bonchev–Trinajstić information content (AvgIpc) is 2.78. The molecule has 0 amide bonds. The smallest absolute Gasteiger partial charge is 0.164 e. The predicted molar refractivity (Wildman–Crippen MR) is 102 cm³/mol. The number of aliphatic hydroxyl groups excluding tert-OH is 1. The van der Waals surface area contributed by atoms with Gasteiger partial charge in [-0.25, -0.2) is 0 Å². The van der Waals surface area contributed by atoms with Crippen LogP contribution in [0.25, 0.3) is 0 Å². The van der Waals surface area contributed by atoms with Crippen molar-refractivity contribution in [3.8, 4) is 11.5 Å². The van der Waals surface area contributed by atoms with Crippen LogP contribution in [0.2, 0.25) is 0 Å². The quantitative estimate of drug-likeness (QED) is 0.711. The summed E-state index contributed by atoms with van der Waals surface area (Å²) < 4.78 is 11.2. The lowest BCUT2D eigenvalue weighted by Gasteiger charge is -2.19. The van der Waals surface area contributed by atoms with Crippen LogP contribution in [-0.2, 0) is 13.0 Å². The minimum Gasteiger partial charge on any atom is -0.493 e. The molecule has 1 aromatic rings. The summed E-state index contributed by atoms with van der Waals surface area (Å²) in [5.74, 6) is 1.52. The summed E-state index contributed by atoms with van der Waals surface area (Å²) in [5, 5.41) is 9.78. The largest absolute Gasteiger partial charge is 0.493 e. The minimum absolute atomic E-state index is 0. The fraction of sp³-hybridized carbons (Fsp3) is 0.529. The van der Waals surface area contributed by atoms with Crippen LogP contribution in [0.4, 0.5) is 0 Å². The summed E-state index contributed by atoms with van der Waals surface area (Å²) in [5.41, 5.74) is 8.06. The number of allylic oxidation sites excluding steroid dienone is 1. The molecule has 3 N–H and O–H groups in total. The van der Waals surface area contributed by atoms with E-state index in [0.717, 1.165) is 35.6 Å². The van der Waals surface area contributed by atoms with Crippen molar-refractivity contribution in [2.24, 2.45) is 5.73 Å². The van der Waals surface area contributed by atoms with E-state index >= 15 is 0 Å². The van der Waals surface area contributed by atoms with Gasteiger partial charge in [0.1, 0.15) is 0 Å². The second-order valence-electron chi connectivity index (χ2n) is 5.64. The molecular weight excluding hydrogens is 351 g/mol. The number of benzene rings is 1. The summed E-state index contributed by atoms with van der Waals surface area (Å²) in [7, 11) is 1.65. The number of aliphatic hydroxyl groups is 1. The van der Waals surface area contributed by atoms with E-state index in [2.05, 4.69) is 17.5 Å². The molecule has 1 aliphatic rings. The first kappa shape index (κ1) is 23.0. The molecule has 0 unspecified atom stereocenters. The van der Waals surface area contributed by atoms with Gasteiger partial charge in [0.15, 0.2) is 11.5 Å². The molecule has 1 fully saturated rings. The van der Waals surface area contributed by atoms with Gasteiger partial charge in [0.2, 0.25) is 0 Å². The maximum absolute atomic E-state index is 9.78. The number of β-amino-alcohol motifs (C(OH)–C–C–N with tert-alkyl or cyclic N) is 1. The van der Waals surface area contributed by atoms with Crippen LogP contribution >= 0.6 is 24.8 Å². The fourth-order valence-electron chi connectivity index (χ4n) is 2.90. The zero-order valence-corrected chi connectivity index (χ0v) is 15.9. The maximum atomic E-state index is 9.78. The highest BCUT2D eigenvalue weighted by Gasteiger charge is 2.28. The third-order valence-electron chi connectivity index (χ3n) is 3.87. The highest BCUT2D eigenvalue weighted by Crippen LogP contribution is 2.34. The molecule has 0 saturated carbocycles. The molecule has 2 atom stereocenters. The lowest BCUT2D eigenvalue weighted by molar-refractivity contribution is 0.164. The molecule has 1 aliphatic heterocycles. The average molecular weight is 379 g/mol. The van der Waals surface area contributed by atoms with Gasteiger partial charge < -0.3 is 20.3 Å². The highest BCUT2D eigenvalue weighted by atomic mass is 35.5. The Labute approximate surface area is 156 Å². The molecule has 1 aromatic carbocycles. The first-order chi connectivity index (χ1) is 10.6. The molecule has 0 bridgehead atoms. The van der Waals surface area contributed by atoms with Gasteiger partial charge in [0.05, 0.1) is 19.8 Å². The highest BCUT2D eigenvalue weighted by molar-refractivity contribution is 5.85. The third-order valence-corrected chi connectivity index (χ3v) is 3.87. The van der Waals surface area contributed by atoms with Crippen molar-refractivity contribution in [1.82, 2.24) is 4.90 Å². The van der Waals surface area contributed by atoms with Gasteiger partial charge in [-0.05, 0) is 25.0 Å². The van der Waals surface area contributed by atoms with E-state index in [4.69, 9.17) is 15.2 Å². The Hall–Kier alpha value is -0.980. The van der Waals surface area contributed by atoms with Crippen molar-refractivity contribution >= 4 is 24.8 Å². The van der Waals surface area contributed by atoms with Crippen molar-refractivity contribution in [3.63, 3.8) is 0 Å². The molecule has 5 nitrogen and oxygen atoms in total. The minimum atomic E-state index is -0.447. The number of nitrogens with zero attached hydrogens (tertiary/aromatic N) is 1. The molecule has 0 aliphatic carbocycles. The van der Waals surface area contributed by atoms with Crippen LogP contribution in [0, 0.1) is 0 Å². The van der Waals surface area contributed by atoms with Gasteiger partial charge in [-0.3, -0.25) is 4.90 Å². The molecular formula is C17H28Cl2N2O3. The Kier molecular flexibility index (Phi) is 10.4. The van der Waals surface area contributed by atoms with Crippen LogP contribution in [0.1, 0.15) is 18.1 Å². The van der Waals surface area contributed by atoms with Crippen molar-refractivity contribution in [2.45, 2.75) is 32.0 Å². The number of halogens is 2. The predicted octanol–water partition coefficient (Wildman–Crippen LogP) is 2.17. The van der Waals surface area contributed by atoms with Gasteiger partial charge in [-0.15, -0.1) is 31.4 Å². The lowest BCUT2D eigenvalue weighted by Crippen LogP contribution is -2.32. The summed E-state index contributed by atoms with van der Waals surface area (Å²) in [4.78, 5) is 2.16. The van der Waals surface area contributed by atoms with Crippen molar-refractivity contribution in [1.29, 1.82) is 0 Å². The number of hydrogen-bond donors (Lipinski definition) is 2. The first-order valence-corrected chi connectivity index (χ1v) is 7.68. The van der Waals surface area contributed by atoms with Crippen LogP contribution in [0.3, 0.4) is 0 Å². The van der Waals surface area contributed by atoms with E-state index in [1.807, 2.05) is 19.1 Å². The number of rotatable bonds is 7. The Balaban J connectivity index is 0.00000264. The molecule has 0 radical (unpaired) electrons. The van der Waals surface area contributed by atoms with E-state index in [1.165, 1.54) is 0 Å². The van der Waals surface area contributed by atoms with E-state index in [-0.39, 0.29) is 30.9 Å². The van der Waals surface area contributed by atoms with Gasteiger partial charge in [0.25, 0.3) is 0 Å². The molecule has 7 heteroatoms. The molecule has 1 heterocycles. The molecule has 0 aromatic heterocycles. The number of ether oxygens (including phenoxy) is 2. The topological polar surface area (TPSA) is 68.0 Å². The molecule has 0 spiro atoms. The fourth-order valence-corrected chi connectivity index (χ4v) is 2.90. The maximum Gasteiger partial charge on any atom is 0.164 e. The number of likely N-dealkylation sites (tertiary alicyclic amines) is 1. The van der Waals surface area contributed by atoms with E-state index < -0.39 is 6.10 Å². The summed E-state index contributed by atoms with van der Waals surface area (Å²) >= 11 is 0. The van der Waals surface area contributed by atoms with Gasteiger partial charge in [-0.1, -0.05) is 12.1 Å². The molecule has 2 rings (SSSR count). The van der Waals surface area contributed by atoms with Crippen LogP contribution in [0.15, 0.2) is 24.8 Å². The van der Waals surface area contributed by atoms with E-state index in [1.54, 1.807) is 7.11 Å². The monoisotopic (exact) mass is 378 g/mol. The van der Waals surface area contributed by atoms with Gasteiger partial charge >= 0.3 is 0 Å². The standard InChI is InChI=1S/C17H26N2O3.2ClH/c1-4-6-13-7-12(8-16(22-5-2)17(13)21-3)9-19-10-14(18)15(20)11-19;;/h4,7-8,14-15,20H,1,5-6,9-11,18H2,2-3H3;2*1H/t14-,15-;;/m1../s1. The SMILES string of the molecule is C=CCc1cc(CN2C[C@@H](N)[C@H](O)C2)cc(OCC)c1OC.Cl.Cl. The third kappa shape index (κ3) is 5.53. The Morgan fingerprint density at radius 2 is 2.08 bits per heavy atom.